The van der Waals surface area contributed by atoms with Crippen LogP contribution in [0.2, 0.25) is 0 Å². The normalized spacial score (nSPS) is 16.7. The van der Waals surface area contributed by atoms with Crippen molar-refractivity contribution in [1.29, 1.82) is 0 Å². The summed E-state index contributed by atoms with van der Waals surface area (Å²) in [5.74, 6) is 0.918. The Balaban J connectivity index is 1.99. The molecule has 144 valence electrons. The minimum atomic E-state index is -0.435. The van der Waals surface area contributed by atoms with Gasteiger partial charge >= 0.3 is 0 Å². The second-order valence-corrected chi connectivity index (χ2v) is 7.13. The fourth-order valence-electron chi connectivity index (χ4n) is 3.58. The Hall–Kier alpha value is -2.97. The number of carbonyl (C=O) groups excluding carboxylic acids is 1. The molecule has 0 aliphatic carbocycles. The molecule has 1 fully saturated rings. The van der Waals surface area contributed by atoms with Crippen molar-refractivity contribution in [2.24, 2.45) is 5.92 Å². The highest BCUT2D eigenvalue weighted by Gasteiger charge is 2.34. The molecule has 1 amide bonds. The van der Waals surface area contributed by atoms with Crippen molar-refractivity contribution in [3.8, 4) is 0 Å². The zero-order valence-electron chi connectivity index (χ0n) is 15.8. The van der Waals surface area contributed by atoms with Gasteiger partial charge in [-0.25, -0.2) is 0 Å². The molecule has 2 aromatic rings. The van der Waals surface area contributed by atoms with Crippen molar-refractivity contribution in [3.05, 3.63) is 46.0 Å². The minimum Gasteiger partial charge on any atom is -0.356 e. The molecular weight excluding hydrogens is 348 g/mol. The van der Waals surface area contributed by atoms with E-state index in [0.717, 1.165) is 25.2 Å². The molecule has 2 heterocycles. The lowest BCUT2D eigenvalue weighted by Crippen LogP contribution is -2.27. The molecule has 3 rings (SSSR count). The number of hydrogen-bond donors (Lipinski definition) is 1. The van der Waals surface area contributed by atoms with E-state index in [4.69, 9.17) is 0 Å². The van der Waals surface area contributed by atoms with Gasteiger partial charge in [-0.05, 0) is 30.9 Å². The summed E-state index contributed by atoms with van der Waals surface area (Å²) in [6, 6.07) is 4.54. The van der Waals surface area contributed by atoms with Gasteiger partial charge in [0.1, 0.15) is 12.0 Å². The molecule has 0 saturated carbocycles. The smallest absolute Gasteiger partial charge is 0.293 e. The predicted molar refractivity (Wildman–Crippen MR) is 101 cm³/mol. The summed E-state index contributed by atoms with van der Waals surface area (Å²) in [4.78, 5) is 25.1. The van der Waals surface area contributed by atoms with E-state index in [1.807, 2.05) is 9.47 Å². The van der Waals surface area contributed by atoms with E-state index in [1.54, 1.807) is 18.5 Å². The zero-order chi connectivity index (χ0) is 19.6. The Morgan fingerprint density at radius 2 is 2.22 bits per heavy atom. The van der Waals surface area contributed by atoms with E-state index in [2.05, 4.69) is 29.4 Å². The second kappa shape index (κ2) is 7.73. The summed E-state index contributed by atoms with van der Waals surface area (Å²) in [5, 5.41) is 22.5. The molecular formula is C18H24N6O3. The third-order valence-corrected chi connectivity index (χ3v) is 4.73. The van der Waals surface area contributed by atoms with Crippen molar-refractivity contribution in [1.82, 2.24) is 20.1 Å². The number of nitrogens with one attached hydrogen (secondary N) is 1. The molecule has 1 N–H and O–H groups in total. The van der Waals surface area contributed by atoms with Gasteiger partial charge < -0.3 is 14.8 Å². The first-order chi connectivity index (χ1) is 12.9. The lowest BCUT2D eigenvalue weighted by molar-refractivity contribution is -0.384. The van der Waals surface area contributed by atoms with E-state index >= 15 is 0 Å². The Labute approximate surface area is 157 Å². The largest absolute Gasteiger partial charge is 0.356 e. The van der Waals surface area contributed by atoms with Crippen molar-refractivity contribution in [2.75, 3.05) is 18.5 Å². The summed E-state index contributed by atoms with van der Waals surface area (Å²) in [7, 11) is 1.50. The number of nitro groups is 1. The number of carbonyl (C=O) groups is 1. The number of rotatable bonds is 6. The van der Waals surface area contributed by atoms with E-state index in [-0.39, 0.29) is 23.2 Å². The van der Waals surface area contributed by atoms with Gasteiger partial charge in [0, 0.05) is 31.8 Å². The molecule has 1 aromatic heterocycles. The zero-order valence-corrected chi connectivity index (χ0v) is 15.8. The highest BCUT2D eigenvalue weighted by Crippen LogP contribution is 2.40. The first-order valence-electron chi connectivity index (χ1n) is 9.07. The van der Waals surface area contributed by atoms with Crippen LogP contribution in [0.4, 0.5) is 11.4 Å². The van der Waals surface area contributed by atoms with E-state index in [0.29, 0.717) is 18.2 Å². The van der Waals surface area contributed by atoms with Crippen LogP contribution < -0.4 is 10.2 Å². The third kappa shape index (κ3) is 3.76. The molecule has 1 aliphatic rings. The van der Waals surface area contributed by atoms with Crippen LogP contribution in [0.1, 0.15) is 48.9 Å². The minimum absolute atomic E-state index is 0.0714. The van der Waals surface area contributed by atoms with Crippen LogP contribution in [0, 0.1) is 16.0 Å². The molecule has 0 radical (unpaired) electrons. The molecule has 1 aliphatic heterocycles. The molecule has 0 bridgehead atoms. The van der Waals surface area contributed by atoms with Crippen LogP contribution in [0.3, 0.4) is 0 Å². The number of hydrogen-bond acceptors (Lipinski definition) is 6. The van der Waals surface area contributed by atoms with Gasteiger partial charge in [-0.1, -0.05) is 13.8 Å². The fourth-order valence-corrected chi connectivity index (χ4v) is 3.58. The molecule has 9 nitrogen and oxygen atoms in total. The average molecular weight is 372 g/mol. The SMILES string of the molecule is CNC(=O)c1ccc(N2CCCC2c2nncn2CC(C)C)c([N+](=O)[O-])c1. The molecule has 9 heteroatoms. The van der Waals surface area contributed by atoms with Gasteiger partial charge in [0.25, 0.3) is 11.6 Å². The first-order valence-corrected chi connectivity index (χ1v) is 9.07. The summed E-state index contributed by atoms with van der Waals surface area (Å²) in [6.07, 6.45) is 3.48. The molecule has 1 aromatic carbocycles. The first kappa shape index (κ1) is 18.8. The summed E-state index contributed by atoms with van der Waals surface area (Å²) in [5.41, 5.74) is 0.707. The third-order valence-electron chi connectivity index (χ3n) is 4.73. The Kier molecular flexibility index (Phi) is 5.38. The lowest BCUT2D eigenvalue weighted by atomic mass is 10.1. The molecule has 0 spiro atoms. The van der Waals surface area contributed by atoms with E-state index in [9.17, 15) is 14.9 Å². The Bertz CT molecular complexity index is 847. The number of anilines is 1. The van der Waals surface area contributed by atoms with Gasteiger partial charge in [0.2, 0.25) is 0 Å². The highest BCUT2D eigenvalue weighted by atomic mass is 16.6. The monoisotopic (exact) mass is 372 g/mol. The van der Waals surface area contributed by atoms with Crippen LogP contribution in [0.5, 0.6) is 0 Å². The van der Waals surface area contributed by atoms with Crippen molar-refractivity contribution in [2.45, 2.75) is 39.3 Å². The van der Waals surface area contributed by atoms with Crippen molar-refractivity contribution in [3.63, 3.8) is 0 Å². The van der Waals surface area contributed by atoms with Gasteiger partial charge in [-0.2, -0.15) is 0 Å². The molecule has 1 unspecified atom stereocenters. The summed E-state index contributed by atoms with van der Waals surface area (Å²) < 4.78 is 2.03. The maximum absolute atomic E-state index is 11.9. The summed E-state index contributed by atoms with van der Waals surface area (Å²) in [6.45, 7) is 5.74. The summed E-state index contributed by atoms with van der Waals surface area (Å²) >= 11 is 0. The maximum Gasteiger partial charge on any atom is 0.293 e. The quantitative estimate of drug-likeness (QED) is 0.617. The van der Waals surface area contributed by atoms with E-state index in [1.165, 1.54) is 13.1 Å². The number of aromatic nitrogens is 3. The molecule has 1 atom stereocenters. The molecule has 27 heavy (non-hydrogen) atoms. The Morgan fingerprint density at radius 1 is 1.44 bits per heavy atom. The number of amides is 1. The van der Waals surface area contributed by atoms with Crippen LogP contribution in [-0.2, 0) is 6.54 Å². The van der Waals surface area contributed by atoms with Crippen LogP contribution in [-0.4, -0.2) is 39.2 Å². The van der Waals surface area contributed by atoms with Gasteiger partial charge in [0.15, 0.2) is 5.82 Å². The van der Waals surface area contributed by atoms with Crippen LogP contribution >= 0.6 is 0 Å². The van der Waals surface area contributed by atoms with Crippen molar-refractivity contribution >= 4 is 17.3 Å². The van der Waals surface area contributed by atoms with E-state index < -0.39 is 4.92 Å². The maximum atomic E-state index is 11.9. The van der Waals surface area contributed by atoms with Crippen molar-refractivity contribution < 1.29 is 9.72 Å². The lowest BCUT2D eigenvalue weighted by Gasteiger charge is -2.26. The van der Waals surface area contributed by atoms with Gasteiger partial charge in [-0.3, -0.25) is 14.9 Å². The van der Waals surface area contributed by atoms with Crippen LogP contribution in [0.15, 0.2) is 24.5 Å². The fraction of sp³-hybridized carbons (Fsp3) is 0.500. The standard InChI is InChI=1S/C18H24N6O3/c1-12(2)10-22-11-20-21-17(22)15-5-4-8-23(15)14-7-6-13(18(25)19-3)9-16(14)24(26)27/h6-7,9,11-12,15H,4-5,8,10H2,1-3H3,(H,19,25). The van der Waals surface area contributed by atoms with Gasteiger partial charge in [-0.15, -0.1) is 10.2 Å². The van der Waals surface area contributed by atoms with Crippen LogP contribution in [0.25, 0.3) is 0 Å². The average Bonchev–Trinajstić information content (AvgIpc) is 3.28. The number of benzene rings is 1. The number of nitrogens with zero attached hydrogens (tertiary/aromatic N) is 5. The topological polar surface area (TPSA) is 106 Å². The predicted octanol–water partition coefficient (Wildman–Crippen LogP) is 2.54. The number of nitro benzene ring substituents is 1. The molecule has 1 saturated heterocycles. The second-order valence-electron chi connectivity index (χ2n) is 7.13. The van der Waals surface area contributed by atoms with Gasteiger partial charge in [0.05, 0.1) is 11.0 Å². The highest BCUT2D eigenvalue weighted by molar-refractivity contribution is 5.95. The Morgan fingerprint density at radius 3 is 2.89 bits per heavy atom.